The monoisotopic (exact) mass is 231 g/mol. The lowest BCUT2D eigenvalue weighted by molar-refractivity contribution is -0.169. The summed E-state index contributed by atoms with van der Waals surface area (Å²) in [6.07, 6.45) is -1.27. The number of hydrogen-bond acceptors (Lipinski definition) is 4. The second kappa shape index (κ2) is 4.69. The molecule has 1 fully saturated rings. The summed E-state index contributed by atoms with van der Waals surface area (Å²) in [5, 5.41) is 8.88. The highest BCUT2D eigenvalue weighted by Gasteiger charge is 2.35. The van der Waals surface area contributed by atoms with Crippen LogP contribution in [0.2, 0.25) is 0 Å². The quantitative estimate of drug-likeness (QED) is 0.730. The van der Waals surface area contributed by atoms with Gasteiger partial charge in [0.15, 0.2) is 0 Å². The summed E-state index contributed by atoms with van der Waals surface area (Å²) in [6, 6.07) is 0. The predicted octanol–water partition coefficient (Wildman–Crippen LogP) is 1.05. The maximum Gasteiger partial charge on any atom is 0.412 e. The molecule has 1 rings (SSSR count). The van der Waals surface area contributed by atoms with Crippen LogP contribution in [-0.4, -0.2) is 47.0 Å². The van der Waals surface area contributed by atoms with Crippen LogP contribution in [0.1, 0.15) is 27.2 Å². The molecule has 1 heterocycles. The number of carbonyl (C=O) groups excluding carboxylic acids is 1. The Labute approximate surface area is 94.1 Å². The SMILES string of the molecule is CC(C)(C)OC(=O)N1CCCOC1C(=O)O. The van der Waals surface area contributed by atoms with Crippen molar-refractivity contribution in [1.29, 1.82) is 0 Å². The number of carboxylic acid groups (broad SMARTS) is 1. The van der Waals surface area contributed by atoms with E-state index in [2.05, 4.69) is 0 Å². The van der Waals surface area contributed by atoms with Crippen LogP contribution in [0, 0.1) is 0 Å². The maximum atomic E-state index is 11.7. The zero-order valence-electron chi connectivity index (χ0n) is 9.73. The molecule has 0 bridgehead atoms. The standard InChI is InChI=1S/C10H17NO5/c1-10(2,3)16-9(14)11-5-4-6-15-7(11)8(12)13/h7H,4-6H2,1-3H3,(H,12,13). The second-order valence-electron chi connectivity index (χ2n) is 4.59. The van der Waals surface area contributed by atoms with Gasteiger partial charge in [0.25, 0.3) is 0 Å². The van der Waals surface area contributed by atoms with E-state index in [1.807, 2.05) is 0 Å². The van der Waals surface area contributed by atoms with Crippen molar-refractivity contribution in [2.24, 2.45) is 0 Å². The van der Waals surface area contributed by atoms with Gasteiger partial charge in [-0.15, -0.1) is 0 Å². The van der Waals surface area contributed by atoms with Gasteiger partial charge in [0, 0.05) is 6.54 Å². The average Bonchev–Trinajstić information content (AvgIpc) is 2.15. The van der Waals surface area contributed by atoms with Crippen LogP contribution < -0.4 is 0 Å². The molecule has 6 nitrogen and oxygen atoms in total. The minimum Gasteiger partial charge on any atom is -0.478 e. The molecular weight excluding hydrogens is 214 g/mol. The van der Waals surface area contributed by atoms with Crippen molar-refractivity contribution in [3.63, 3.8) is 0 Å². The molecule has 0 spiro atoms. The van der Waals surface area contributed by atoms with Gasteiger partial charge >= 0.3 is 12.1 Å². The van der Waals surface area contributed by atoms with Gasteiger partial charge in [-0.2, -0.15) is 0 Å². The van der Waals surface area contributed by atoms with Gasteiger partial charge < -0.3 is 14.6 Å². The largest absolute Gasteiger partial charge is 0.478 e. The molecule has 0 aromatic carbocycles. The third kappa shape index (κ3) is 3.37. The maximum absolute atomic E-state index is 11.7. The number of nitrogens with zero attached hydrogens (tertiary/aromatic N) is 1. The normalized spacial score (nSPS) is 21.7. The Balaban J connectivity index is 2.68. The van der Waals surface area contributed by atoms with E-state index < -0.39 is 23.9 Å². The Morgan fingerprint density at radius 3 is 2.56 bits per heavy atom. The summed E-state index contributed by atoms with van der Waals surface area (Å²) in [4.78, 5) is 23.6. The smallest absolute Gasteiger partial charge is 0.412 e. The molecule has 92 valence electrons. The van der Waals surface area contributed by atoms with Crippen molar-refractivity contribution in [3.8, 4) is 0 Å². The molecule has 0 saturated carbocycles. The van der Waals surface area contributed by atoms with Crippen LogP contribution in [0.4, 0.5) is 4.79 Å². The minimum absolute atomic E-state index is 0.339. The number of amides is 1. The molecule has 0 aromatic heterocycles. The molecule has 0 aliphatic carbocycles. The predicted molar refractivity (Wildman–Crippen MR) is 54.9 cm³/mol. The molecule has 6 heteroatoms. The summed E-state index contributed by atoms with van der Waals surface area (Å²) in [6.45, 7) is 5.87. The summed E-state index contributed by atoms with van der Waals surface area (Å²) >= 11 is 0. The second-order valence-corrected chi connectivity index (χ2v) is 4.59. The van der Waals surface area contributed by atoms with E-state index >= 15 is 0 Å². The summed E-state index contributed by atoms with van der Waals surface area (Å²) < 4.78 is 10.1. The molecule has 1 atom stereocenters. The lowest BCUT2D eigenvalue weighted by Crippen LogP contribution is -2.51. The average molecular weight is 231 g/mol. The molecule has 1 saturated heterocycles. The minimum atomic E-state index is -1.23. The topological polar surface area (TPSA) is 76.1 Å². The van der Waals surface area contributed by atoms with Gasteiger partial charge in [0.05, 0.1) is 6.61 Å². The molecule has 16 heavy (non-hydrogen) atoms. The highest BCUT2D eigenvalue weighted by atomic mass is 16.6. The first-order valence-corrected chi connectivity index (χ1v) is 5.15. The molecule has 1 amide bonds. The third-order valence-corrected chi connectivity index (χ3v) is 1.94. The lowest BCUT2D eigenvalue weighted by atomic mass is 10.2. The Morgan fingerprint density at radius 1 is 1.44 bits per heavy atom. The molecule has 0 radical (unpaired) electrons. The number of carbonyl (C=O) groups is 2. The first kappa shape index (κ1) is 12.8. The Kier molecular flexibility index (Phi) is 3.74. The van der Waals surface area contributed by atoms with Crippen molar-refractivity contribution >= 4 is 12.1 Å². The zero-order chi connectivity index (χ0) is 12.3. The van der Waals surface area contributed by atoms with E-state index in [1.165, 1.54) is 0 Å². The zero-order valence-corrected chi connectivity index (χ0v) is 9.73. The summed E-state index contributed by atoms with van der Waals surface area (Å²) in [5.41, 5.74) is -0.641. The van der Waals surface area contributed by atoms with Gasteiger partial charge in [0.2, 0.25) is 6.23 Å². The number of carboxylic acids is 1. The van der Waals surface area contributed by atoms with Crippen LogP contribution in [0.3, 0.4) is 0 Å². The van der Waals surface area contributed by atoms with Crippen molar-refractivity contribution in [1.82, 2.24) is 4.90 Å². The van der Waals surface area contributed by atoms with Crippen LogP contribution in [0.15, 0.2) is 0 Å². The van der Waals surface area contributed by atoms with Crippen LogP contribution in [-0.2, 0) is 14.3 Å². The summed E-state index contributed by atoms with van der Waals surface area (Å²) in [7, 11) is 0. The van der Waals surface area contributed by atoms with Gasteiger partial charge in [-0.05, 0) is 27.2 Å². The first-order valence-electron chi connectivity index (χ1n) is 5.15. The van der Waals surface area contributed by atoms with E-state index in [9.17, 15) is 9.59 Å². The number of ether oxygens (including phenoxy) is 2. The molecule has 1 aliphatic rings. The molecule has 0 aromatic rings. The van der Waals surface area contributed by atoms with Crippen molar-refractivity contribution < 1.29 is 24.2 Å². The fraction of sp³-hybridized carbons (Fsp3) is 0.800. The third-order valence-electron chi connectivity index (χ3n) is 1.94. The van der Waals surface area contributed by atoms with Crippen molar-refractivity contribution in [2.75, 3.05) is 13.2 Å². The molecular formula is C10H17NO5. The van der Waals surface area contributed by atoms with Gasteiger partial charge in [0.1, 0.15) is 5.60 Å². The first-order chi connectivity index (χ1) is 7.31. The highest BCUT2D eigenvalue weighted by Crippen LogP contribution is 2.16. The van der Waals surface area contributed by atoms with E-state index in [4.69, 9.17) is 14.6 Å². The molecule has 1 aliphatic heterocycles. The van der Waals surface area contributed by atoms with Gasteiger partial charge in [-0.3, -0.25) is 4.90 Å². The Bertz CT molecular complexity index is 283. The molecule has 1 unspecified atom stereocenters. The van der Waals surface area contributed by atoms with Gasteiger partial charge in [-0.1, -0.05) is 0 Å². The van der Waals surface area contributed by atoms with Crippen LogP contribution in [0.5, 0.6) is 0 Å². The van der Waals surface area contributed by atoms with E-state index in [-0.39, 0.29) is 0 Å². The van der Waals surface area contributed by atoms with Crippen LogP contribution in [0.25, 0.3) is 0 Å². The van der Waals surface area contributed by atoms with Crippen molar-refractivity contribution in [2.45, 2.75) is 39.0 Å². The van der Waals surface area contributed by atoms with E-state index in [0.717, 1.165) is 4.90 Å². The Morgan fingerprint density at radius 2 is 2.06 bits per heavy atom. The van der Waals surface area contributed by atoms with E-state index in [0.29, 0.717) is 19.6 Å². The number of aliphatic carboxylic acids is 1. The van der Waals surface area contributed by atoms with Crippen molar-refractivity contribution in [3.05, 3.63) is 0 Å². The highest BCUT2D eigenvalue weighted by molar-refractivity contribution is 5.79. The lowest BCUT2D eigenvalue weighted by Gasteiger charge is -2.34. The Hall–Kier alpha value is -1.30. The number of hydrogen-bond donors (Lipinski definition) is 1. The fourth-order valence-electron chi connectivity index (χ4n) is 1.35. The van der Waals surface area contributed by atoms with Gasteiger partial charge in [-0.25, -0.2) is 9.59 Å². The number of rotatable bonds is 1. The molecule has 1 N–H and O–H groups in total. The summed E-state index contributed by atoms with van der Waals surface area (Å²) in [5.74, 6) is -1.18. The fourth-order valence-corrected chi connectivity index (χ4v) is 1.35. The van der Waals surface area contributed by atoms with E-state index in [1.54, 1.807) is 20.8 Å². The van der Waals surface area contributed by atoms with Crippen LogP contribution >= 0.6 is 0 Å².